The lowest BCUT2D eigenvalue weighted by Gasteiger charge is -2.37. The highest BCUT2D eigenvalue weighted by Gasteiger charge is 2.30. The molecule has 2 aromatic rings. The quantitative estimate of drug-likeness (QED) is 0.859. The minimum atomic E-state index is -0.542. The minimum Gasteiger partial charge on any atom is -0.380 e. The first kappa shape index (κ1) is 13.1. The molecule has 0 amide bonds. The molecule has 1 fully saturated rings. The predicted octanol–water partition coefficient (Wildman–Crippen LogP) is 4.63. The Morgan fingerprint density at radius 1 is 1.05 bits per heavy atom. The van der Waals surface area contributed by atoms with E-state index in [1.54, 1.807) is 0 Å². The van der Waals surface area contributed by atoms with Crippen LogP contribution in [0.1, 0.15) is 29.9 Å². The fourth-order valence-corrected chi connectivity index (χ4v) is 2.76. The standard InChI is InChI=1S/C17H17F2N/c1-11-3-2-4-12(7-11)13-8-15(9-13)20-17-6-5-14(18)10-16(17)19/h2-7,10,13,15,20H,8-9H2,1H3. The van der Waals surface area contributed by atoms with Gasteiger partial charge in [-0.3, -0.25) is 0 Å². The van der Waals surface area contributed by atoms with Gasteiger partial charge in [-0.25, -0.2) is 8.78 Å². The molecule has 3 rings (SSSR count). The largest absolute Gasteiger partial charge is 0.380 e. The van der Waals surface area contributed by atoms with Crippen LogP contribution in [-0.2, 0) is 0 Å². The Morgan fingerprint density at radius 3 is 2.55 bits per heavy atom. The summed E-state index contributed by atoms with van der Waals surface area (Å²) in [5, 5.41) is 3.15. The molecule has 0 unspecified atom stereocenters. The third-order valence-corrected chi connectivity index (χ3v) is 3.94. The van der Waals surface area contributed by atoms with Gasteiger partial charge in [0.1, 0.15) is 11.6 Å². The van der Waals surface area contributed by atoms with E-state index in [2.05, 4.69) is 36.5 Å². The van der Waals surface area contributed by atoms with E-state index in [9.17, 15) is 8.78 Å². The summed E-state index contributed by atoms with van der Waals surface area (Å²) in [6, 6.07) is 12.4. The predicted molar refractivity (Wildman–Crippen MR) is 76.9 cm³/mol. The summed E-state index contributed by atoms with van der Waals surface area (Å²) in [6.07, 6.45) is 1.97. The summed E-state index contributed by atoms with van der Waals surface area (Å²) in [7, 11) is 0. The molecule has 0 atom stereocenters. The van der Waals surface area contributed by atoms with Crippen LogP contribution >= 0.6 is 0 Å². The van der Waals surface area contributed by atoms with Crippen LogP contribution in [0.4, 0.5) is 14.5 Å². The lowest BCUT2D eigenvalue weighted by atomic mass is 9.75. The Morgan fingerprint density at radius 2 is 1.85 bits per heavy atom. The molecule has 1 aliphatic rings. The molecule has 1 saturated carbocycles. The first-order valence-corrected chi connectivity index (χ1v) is 6.90. The van der Waals surface area contributed by atoms with Gasteiger partial charge in [0, 0.05) is 12.1 Å². The van der Waals surface area contributed by atoms with Crippen molar-refractivity contribution in [2.75, 3.05) is 5.32 Å². The third-order valence-electron chi connectivity index (χ3n) is 3.94. The van der Waals surface area contributed by atoms with Crippen LogP contribution < -0.4 is 5.32 Å². The van der Waals surface area contributed by atoms with Gasteiger partial charge < -0.3 is 5.32 Å². The van der Waals surface area contributed by atoms with E-state index in [1.807, 2.05) is 0 Å². The SMILES string of the molecule is Cc1cccc(C2CC(Nc3ccc(F)cc3F)C2)c1. The molecule has 20 heavy (non-hydrogen) atoms. The van der Waals surface area contributed by atoms with Gasteiger partial charge in [0.05, 0.1) is 5.69 Å². The second kappa shape index (κ2) is 5.23. The summed E-state index contributed by atoms with van der Waals surface area (Å²) in [5.74, 6) is -0.529. The highest BCUT2D eigenvalue weighted by molar-refractivity contribution is 5.46. The van der Waals surface area contributed by atoms with Crippen LogP contribution in [0.25, 0.3) is 0 Å². The second-order valence-electron chi connectivity index (χ2n) is 5.55. The zero-order valence-corrected chi connectivity index (χ0v) is 11.4. The summed E-state index contributed by atoms with van der Waals surface area (Å²) >= 11 is 0. The normalized spacial score (nSPS) is 21.4. The zero-order chi connectivity index (χ0) is 14.1. The van der Waals surface area contributed by atoms with E-state index in [1.165, 1.54) is 23.3 Å². The van der Waals surface area contributed by atoms with E-state index in [0.717, 1.165) is 18.9 Å². The van der Waals surface area contributed by atoms with Crippen molar-refractivity contribution >= 4 is 5.69 Å². The highest BCUT2D eigenvalue weighted by Crippen LogP contribution is 2.39. The molecule has 0 spiro atoms. The topological polar surface area (TPSA) is 12.0 Å². The maximum absolute atomic E-state index is 13.5. The Balaban J connectivity index is 1.61. The van der Waals surface area contributed by atoms with Crippen molar-refractivity contribution in [3.8, 4) is 0 Å². The monoisotopic (exact) mass is 273 g/mol. The molecule has 1 nitrogen and oxygen atoms in total. The van der Waals surface area contributed by atoms with Crippen LogP contribution in [0.15, 0.2) is 42.5 Å². The number of benzene rings is 2. The third kappa shape index (κ3) is 2.67. The Bertz CT molecular complexity index is 618. The van der Waals surface area contributed by atoms with Crippen LogP contribution in [-0.4, -0.2) is 6.04 Å². The van der Waals surface area contributed by atoms with Gasteiger partial charge in [-0.05, 0) is 43.4 Å². The fourth-order valence-electron chi connectivity index (χ4n) is 2.76. The highest BCUT2D eigenvalue weighted by atomic mass is 19.1. The van der Waals surface area contributed by atoms with Gasteiger partial charge in [-0.1, -0.05) is 29.8 Å². The molecular weight excluding hydrogens is 256 g/mol. The molecule has 0 heterocycles. The second-order valence-corrected chi connectivity index (χ2v) is 5.55. The van der Waals surface area contributed by atoms with Crippen molar-refractivity contribution in [1.82, 2.24) is 0 Å². The summed E-state index contributed by atoms with van der Waals surface area (Å²) in [5.41, 5.74) is 3.00. The lowest BCUT2D eigenvalue weighted by Crippen LogP contribution is -2.34. The Kier molecular flexibility index (Phi) is 3.43. The van der Waals surface area contributed by atoms with Crippen molar-refractivity contribution < 1.29 is 8.78 Å². The van der Waals surface area contributed by atoms with E-state index >= 15 is 0 Å². The van der Waals surface area contributed by atoms with E-state index in [0.29, 0.717) is 11.6 Å². The molecule has 2 aromatic carbocycles. The molecule has 1 aliphatic carbocycles. The first-order valence-electron chi connectivity index (χ1n) is 6.90. The van der Waals surface area contributed by atoms with Crippen molar-refractivity contribution in [3.63, 3.8) is 0 Å². The van der Waals surface area contributed by atoms with Crippen LogP contribution in [0.5, 0.6) is 0 Å². The molecular formula is C17H17F2N. The minimum absolute atomic E-state index is 0.264. The lowest BCUT2D eigenvalue weighted by molar-refractivity contribution is 0.372. The van der Waals surface area contributed by atoms with Crippen molar-refractivity contribution in [2.24, 2.45) is 0 Å². The van der Waals surface area contributed by atoms with Crippen LogP contribution in [0.2, 0.25) is 0 Å². The van der Waals surface area contributed by atoms with Gasteiger partial charge >= 0.3 is 0 Å². The van der Waals surface area contributed by atoms with Crippen molar-refractivity contribution in [2.45, 2.75) is 31.7 Å². The molecule has 0 saturated heterocycles. The van der Waals surface area contributed by atoms with Crippen molar-refractivity contribution in [1.29, 1.82) is 0 Å². The number of halogens is 2. The number of nitrogens with one attached hydrogen (secondary N) is 1. The molecule has 0 aliphatic heterocycles. The first-order chi connectivity index (χ1) is 9.61. The van der Waals surface area contributed by atoms with Gasteiger partial charge in [0.15, 0.2) is 0 Å². The van der Waals surface area contributed by atoms with Gasteiger partial charge in [0.2, 0.25) is 0 Å². The van der Waals surface area contributed by atoms with Crippen LogP contribution in [0.3, 0.4) is 0 Å². The number of anilines is 1. The zero-order valence-electron chi connectivity index (χ0n) is 11.4. The van der Waals surface area contributed by atoms with Gasteiger partial charge in [-0.2, -0.15) is 0 Å². The Labute approximate surface area is 117 Å². The number of aryl methyl sites for hydroxylation is 1. The maximum atomic E-state index is 13.5. The van der Waals surface area contributed by atoms with E-state index in [-0.39, 0.29) is 6.04 Å². The number of rotatable bonds is 3. The Hall–Kier alpha value is -1.90. The van der Waals surface area contributed by atoms with E-state index < -0.39 is 11.6 Å². The van der Waals surface area contributed by atoms with Crippen LogP contribution in [0, 0.1) is 18.6 Å². The summed E-state index contributed by atoms with van der Waals surface area (Å²) in [4.78, 5) is 0. The number of hydrogen-bond acceptors (Lipinski definition) is 1. The molecule has 0 radical (unpaired) electrons. The molecule has 3 heteroatoms. The number of hydrogen-bond donors (Lipinski definition) is 1. The average molecular weight is 273 g/mol. The molecule has 104 valence electrons. The van der Waals surface area contributed by atoms with Crippen molar-refractivity contribution in [3.05, 3.63) is 65.2 Å². The average Bonchev–Trinajstić information content (AvgIpc) is 2.35. The summed E-state index contributed by atoms with van der Waals surface area (Å²) in [6.45, 7) is 2.09. The summed E-state index contributed by atoms with van der Waals surface area (Å²) < 4.78 is 26.4. The van der Waals surface area contributed by atoms with Gasteiger partial charge in [0.25, 0.3) is 0 Å². The fraction of sp³-hybridized carbons (Fsp3) is 0.294. The smallest absolute Gasteiger partial charge is 0.149 e. The van der Waals surface area contributed by atoms with Gasteiger partial charge in [-0.15, -0.1) is 0 Å². The molecule has 0 aromatic heterocycles. The maximum Gasteiger partial charge on any atom is 0.149 e. The van der Waals surface area contributed by atoms with E-state index in [4.69, 9.17) is 0 Å². The molecule has 1 N–H and O–H groups in total. The molecule has 0 bridgehead atoms.